The molecule has 0 radical (unpaired) electrons. The molecule has 1 fully saturated rings. The number of benzene rings is 3. The Balaban J connectivity index is 1.66. The highest BCUT2D eigenvalue weighted by molar-refractivity contribution is 7.92. The zero-order valence-electron chi connectivity index (χ0n) is 21.6. The minimum Gasteiger partial charge on any atom is -0.352 e. The minimum absolute atomic E-state index is 0.00197. The van der Waals surface area contributed by atoms with E-state index in [2.05, 4.69) is 5.32 Å². The SMILES string of the molecule is CC(C(=O)NC1CCCC1)N(Cc1ccc(F)cc1)C(=O)CN(c1ccccc1)S(=O)(=O)c1ccc(Cl)cc1. The van der Waals surface area contributed by atoms with Crippen LogP contribution < -0.4 is 9.62 Å². The number of para-hydroxylation sites is 1. The Bertz CT molecular complexity index is 1380. The maximum absolute atomic E-state index is 13.9. The standard InChI is InChI=1S/C29H31ClFN3O4S/c1-21(29(36)32-25-7-5-6-8-25)33(19-22-11-15-24(31)16-12-22)28(35)20-34(26-9-3-2-4-10-26)39(37,38)27-17-13-23(30)14-18-27/h2-4,9-18,21,25H,5-8,19-20H2,1H3,(H,32,36). The van der Waals surface area contributed by atoms with Gasteiger partial charge in [0.1, 0.15) is 18.4 Å². The molecule has 2 amide bonds. The molecule has 10 heteroatoms. The Morgan fingerprint density at radius 2 is 1.59 bits per heavy atom. The van der Waals surface area contributed by atoms with Gasteiger partial charge >= 0.3 is 0 Å². The normalized spacial score (nSPS) is 14.5. The molecule has 0 saturated heterocycles. The van der Waals surface area contributed by atoms with Crippen molar-refractivity contribution in [2.75, 3.05) is 10.8 Å². The molecule has 3 aromatic carbocycles. The summed E-state index contributed by atoms with van der Waals surface area (Å²) in [4.78, 5) is 28.4. The summed E-state index contributed by atoms with van der Waals surface area (Å²) < 4.78 is 42.0. The van der Waals surface area contributed by atoms with Crippen LogP contribution in [0.1, 0.15) is 38.2 Å². The topological polar surface area (TPSA) is 86.8 Å². The molecule has 0 aromatic heterocycles. The van der Waals surface area contributed by atoms with Crippen LogP contribution in [0.2, 0.25) is 5.02 Å². The average molecular weight is 572 g/mol. The third kappa shape index (κ3) is 7.16. The summed E-state index contributed by atoms with van der Waals surface area (Å²) in [6, 6.07) is 18.8. The maximum atomic E-state index is 13.9. The van der Waals surface area contributed by atoms with E-state index in [0.717, 1.165) is 30.0 Å². The predicted octanol–water partition coefficient (Wildman–Crippen LogP) is 5.15. The minimum atomic E-state index is -4.17. The van der Waals surface area contributed by atoms with E-state index in [1.807, 2.05) is 0 Å². The number of rotatable bonds is 10. The first-order valence-corrected chi connectivity index (χ1v) is 14.6. The highest BCUT2D eigenvalue weighted by Crippen LogP contribution is 2.25. The van der Waals surface area contributed by atoms with Crippen LogP contribution in [0.4, 0.5) is 10.1 Å². The van der Waals surface area contributed by atoms with E-state index >= 15 is 0 Å². The fourth-order valence-electron chi connectivity index (χ4n) is 4.62. The molecule has 4 rings (SSSR count). The monoisotopic (exact) mass is 571 g/mol. The lowest BCUT2D eigenvalue weighted by atomic mass is 10.1. The van der Waals surface area contributed by atoms with E-state index in [0.29, 0.717) is 16.3 Å². The van der Waals surface area contributed by atoms with Crippen LogP contribution in [-0.2, 0) is 26.2 Å². The van der Waals surface area contributed by atoms with Gasteiger partial charge in [-0.05, 0) is 73.9 Å². The van der Waals surface area contributed by atoms with Gasteiger partial charge in [-0.3, -0.25) is 13.9 Å². The number of carbonyl (C=O) groups is 2. The van der Waals surface area contributed by atoms with Crippen LogP contribution in [0.15, 0.2) is 83.8 Å². The van der Waals surface area contributed by atoms with Gasteiger partial charge in [0.2, 0.25) is 11.8 Å². The zero-order valence-corrected chi connectivity index (χ0v) is 23.2. The highest BCUT2D eigenvalue weighted by atomic mass is 35.5. The van der Waals surface area contributed by atoms with Crippen LogP contribution in [0.5, 0.6) is 0 Å². The molecule has 206 valence electrons. The molecule has 1 saturated carbocycles. The number of carbonyl (C=O) groups excluding carboxylic acids is 2. The quantitative estimate of drug-likeness (QED) is 0.365. The number of anilines is 1. The number of halogens is 2. The van der Waals surface area contributed by atoms with Crippen molar-refractivity contribution in [3.05, 3.63) is 95.3 Å². The van der Waals surface area contributed by atoms with Crippen molar-refractivity contribution in [1.29, 1.82) is 0 Å². The van der Waals surface area contributed by atoms with Gasteiger partial charge in [-0.15, -0.1) is 0 Å². The van der Waals surface area contributed by atoms with Gasteiger partial charge in [0.15, 0.2) is 0 Å². The van der Waals surface area contributed by atoms with Crippen molar-refractivity contribution in [3.63, 3.8) is 0 Å². The van der Waals surface area contributed by atoms with E-state index in [9.17, 15) is 22.4 Å². The Kier molecular flexibility index (Phi) is 9.24. The van der Waals surface area contributed by atoms with Crippen molar-refractivity contribution in [2.24, 2.45) is 0 Å². The van der Waals surface area contributed by atoms with Crippen LogP contribution in [-0.4, -0.2) is 43.8 Å². The summed E-state index contributed by atoms with van der Waals surface area (Å²) in [5.74, 6) is -1.31. The first-order valence-electron chi connectivity index (χ1n) is 12.8. The van der Waals surface area contributed by atoms with Gasteiger partial charge in [-0.25, -0.2) is 12.8 Å². The van der Waals surface area contributed by atoms with Crippen molar-refractivity contribution in [2.45, 2.75) is 56.1 Å². The average Bonchev–Trinajstić information content (AvgIpc) is 3.44. The molecule has 1 unspecified atom stereocenters. The summed E-state index contributed by atoms with van der Waals surface area (Å²) in [6.07, 6.45) is 3.83. The molecule has 0 spiro atoms. The number of hydrogen-bond acceptors (Lipinski definition) is 4. The Labute approximate surface area is 233 Å². The fourth-order valence-corrected chi connectivity index (χ4v) is 6.16. The van der Waals surface area contributed by atoms with E-state index in [1.165, 1.54) is 53.4 Å². The molecule has 1 N–H and O–H groups in total. The molecule has 0 heterocycles. The summed E-state index contributed by atoms with van der Waals surface area (Å²) in [5, 5.41) is 3.40. The predicted molar refractivity (Wildman–Crippen MR) is 149 cm³/mol. The lowest BCUT2D eigenvalue weighted by Gasteiger charge is -2.32. The van der Waals surface area contributed by atoms with Crippen molar-refractivity contribution >= 4 is 39.1 Å². The molecular weight excluding hydrogens is 541 g/mol. The molecular formula is C29H31ClFN3O4S. The van der Waals surface area contributed by atoms with Gasteiger partial charge in [0.25, 0.3) is 10.0 Å². The number of nitrogens with zero attached hydrogens (tertiary/aromatic N) is 2. The van der Waals surface area contributed by atoms with E-state index in [-0.39, 0.29) is 23.4 Å². The first kappa shape index (κ1) is 28.6. The number of amides is 2. The molecule has 7 nitrogen and oxygen atoms in total. The van der Waals surface area contributed by atoms with Gasteiger partial charge in [0, 0.05) is 17.6 Å². The second-order valence-corrected chi connectivity index (χ2v) is 11.9. The summed E-state index contributed by atoms with van der Waals surface area (Å²) in [6.45, 7) is 1.07. The molecule has 1 aliphatic rings. The van der Waals surface area contributed by atoms with Crippen LogP contribution in [0, 0.1) is 5.82 Å². The van der Waals surface area contributed by atoms with Gasteiger partial charge in [-0.2, -0.15) is 0 Å². The smallest absolute Gasteiger partial charge is 0.264 e. The second kappa shape index (κ2) is 12.6. The molecule has 3 aromatic rings. The number of hydrogen-bond donors (Lipinski definition) is 1. The van der Waals surface area contributed by atoms with Gasteiger partial charge < -0.3 is 10.2 Å². The number of nitrogens with one attached hydrogen (secondary N) is 1. The number of sulfonamides is 1. The van der Waals surface area contributed by atoms with Gasteiger partial charge in [-0.1, -0.05) is 54.8 Å². The highest BCUT2D eigenvalue weighted by Gasteiger charge is 2.33. The largest absolute Gasteiger partial charge is 0.352 e. The van der Waals surface area contributed by atoms with Crippen LogP contribution >= 0.6 is 11.6 Å². The fraction of sp³-hybridized carbons (Fsp3) is 0.310. The Morgan fingerprint density at radius 3 is 2.21 bits per heavy atom. The van der Waals surface area contributed by atoms with Crippen molar-refractivity contribution < 1.29 is 22.4 Å². The first-order chi connectivity index (χ1) is 18.6. The van der Waals surface area contributed by atoms with Crippen LogP contribution in [0.25, 0.3) is 0 Å². The Morgan fingerprint density at radius 1 is 0.974 bits per heavy atom. The van der Waals surface area contributed by atoms with E-state index in [1.54, 1.807) is 37.3 Å². The van der Waals surface area contributed by atoms with E-state index in [4.69, 9.17) is 11.6 Å². The molecule has 39 heavy (non-hydrogen) atoms. The maximum Gasteiger partial charge on any atom is 0.264 e. The summed E-state index contributed by atoms with van der Waals surface area (Å²) in [5.41, 5.74) is 0.905. The van der Waals surface area contributed by atoms with E-state index < -0.39 is 34.3 Å². The molecule has 1 aliphatic carbocycles. The lowest BCUT2D eigenvalue weighted by molar-refractivity contribution is -0.139. The zero-order chi connectivity index (χ0) is 28.0. The Hall–Kier alpha value is -3.43. The van der Waals surface area contributed by atoms with Gasteiger partial charge in [0.05, 0.1) is 10.6 Å². The third-order valence-electron chi connectivity index (χ3n) is 6.86. The lowest BCUT2D eigenvalue weighted by Crippen LogP contribution is -2.52. The summed E-state index contributed by atoms with van der Waals surface area (Å²) in [7, 11) is -4.17. The molecule has 0 aliphatic heterocycles. The van der Waals surface area contributed by atoms with Crippen LogP contribution in [0.3, 0.4) is 0 Å². The van der Waals surface area contributed by atoms with Crippen molar-refractivity contribution in [1.82, 2.24) is 10.2 Å². The van der Waals surface area contributed by atoms with Crippen molar-refractivity contribution in [3.8, 4) is 0 Å². The summed E-state index contributed by atoms with van der Waals surface area (Å²) >= 11 is 5.97. The second-order valence-electron chi connectivity index (χ2n) is 9.62. The molecule has 0 bridgehead atoms. The third-order valence-corrected chi connectivity index (χ3v) is 8.90. The molecule has 1 atom stereocenters.